The van der Waals surface area contributed by atoms with E-state index in [4.69, 9.17) is 5.73 Å². The van der Waals surface area contributed by atoms with Gasteiger partial charge in [-0.1, -0.05) is 36.4 Å². The van der Waals surface area contributed by atoms with Crippen molar-refractivity contribution in [2.24, 2.45) is 0 Å². The molecule has 29 heavy (non-hydrogen) atoms. The van der Waals surface area contributed by atoms with E-state index in [0.717, 1.165) is 11.3 Å². The third kappa shape index (κ3) is 3.59. The largest absolute Gasteiger partial charge is 0.383 e. The number of rotatable bonds is 3. The number of aromatic nitrogens is 2. The first-order valence-electron chi connectivity index (χ1n) is 9.59. The topological polar surface area (TPSA) is 84.5 Å². The van der Waals surface area contributed by atoms with Gasteiger partial charge >= 0.3 is 0 Å². The van der Waals surface area contributed by atoms with Crippen LogP contribution in [-0.4, -0.2) is 57.6 Å². The van der Waals surface area contributed by atoms with Crippen LogP contribution in [0, 0.1) is 6.92 Å². The number of benzene rings is 2. The molecule has 0 unspecified atom stereocenters. The molecule has 0 spiro atoms. The van der Waals surface area contributed by atoms with Crippen molar-refractivity contribution in [2.75, 3.05) is 31.9 Å². The van der Waals surface area contributed by atoms with E-state index in [2.05, 4.69) is 5.10 Å². The zero-order valence-corrected chi connectivity index (χ0v) is 16.3. The lowest BCUT2D eigenvalue weighted by Crippen LogP contribution is -2.50. The lowest BCUT2D eigenvalue weighted by molar-refractivity contribution is 0.0536. The smallest absolute Gasteiger partial charge is 0.259 e. The molecule has 0 aliphatic carbocycles. The number of amides is 2. The molecule has 1 aliphatic rings. The molecule has 4 rings (SSSR count). The SMILES string of the molecule is Cc1ccccc1-n1ncc(C(=O)N2CCN(C(=O)c3ccccc3)CC2)c1N. The number of nitrogen functional groups attached to an aromatic ring is 1. The van der Waals surface area contributed by atoms with Gasteiger partial charge in [-0.3, -0.25) is 9.59 Å². The molecule has 2 heterocycles. The van der Waals surface area contributed by atoms with Gasteiger partial charge in [0, 0.05) is 31.7 Å². The fourth-order valence-corrected chi connectivity index (χ4v) is 3.56. The molecule has 1 saturated heterocycles. The molecule has 1 aromatic heterocycles. The first-order chi connectivity index (χ1) is 14.1. The van der Waals surface area contributed by atoms with Crippen molar-refractivity contribution in [1.29, 1.82) is 0 Å². The lowest BCUT2D eigenvalue weighted by atomic mass is 10.1. The molecule has 1 fully saturated rings. The maximum atomic E-state index is 13.0. The Morgan fingerprint density at radius 2 is 1.45 bits per heavy atom. The predicted octanol–water partition coefficient (Wildman–Crippen LogP) is 2.36. The van der Waals surface area contributed by atoms with Gasteiger partial charge in [0.1, 0.15) is 11.4 Å². The fourth-order valence-electron chi connectivity index (χ4n) is 3.56. The van der Waals surface area contributed by atoms with E-state index in [9.17, 15) is 9.59 Å². The van der Waals surface area contributed by atoms with Crippen molar-refractivity contribution < 1.29 is 9.59 Å². The van der Waals surface area contributed by atoms with E-state index in [1.54, 1.807) is 26.6 Å². The summed E-state index contributed by atoms with van der Waals surface area (Å²) >= 11 is 0. The van der Waals surface area contributed by atoms with Crippen LogP contribution >= 0.6 is 0 Å². The summed E-state index contributed by atoms with van der Waals surface area (Å²) in [4.78, 5) is 29.1. The summed E-state index contributed by atoms with van der Waals surface area (Å²) < 4.78 is 1.59. The van der Waals surface area contributed by atoms with Crippen LogP contribution in [0.4, 0.5) is 5.82 Å². The van der Waals surface area contributed by atoms with Gasteiger partial charge in [0.25, 0.3) is 11.8 Å². The molecule has 0 bridgehead atoms. The van der Waals surface area contributed by atoms with Crippen LogP contribution in [0.1, 0.15) is 26.3 Å². The maximum Gasteiger partial charge on any atom is 0.259 e. The van der Waals surface area contributed by atoms with Crippen molar-refractivity contribution in [3.63, 3.8) is 0 Å². The molecule has 2 aromatic carbocycles. The number of hydrogen-bond donors (Lipinski definition) is 1. The average molecular weight is 389 g/mol. The Hall–Kier alpha value is -3.61. The number of carbonyl (C=O) groups excluding carboxylic acids is 2. The minimum absolute atomic E-state index is 0.00964. The predicted molar refractivity (Wildman–Crippen MR) is 111 cm³/mol. The Bertz CT molecular complexity index is 1040. The third-order valence-electron chi connectivity index (χ3n) is 5.26. The molecule has 1 aliphatic heterocycles. The molecular weight excluding hydrogens is 366 g/mol. The average Bonchev–Trinajstić information content (AvgIpc) is 3.15. The minimum Gasteiger partial charge on any atom is -0.383 e. The zero-order chi connectivity index (χ0) is 20.4. The van der Waals surface area contributed by atoms with E-state index in [0.29, 0.717) is 43.1 Å². The number of nitrogens with zero attached hydrogens (tertiary/aromatic N) is 4. The van der Waals surface area contributed by atoms with Crippen molar-refractivity contribution >= 4 is 17.6 Å². The van der Waals surface area contributed by atoms with Crippen LogP contribution in [0.3, 0.4) is 0 Å². The zero-order valence-electron chi connectivity index (χ0n) is 16.3. The van der Waals surface area contributed by atoms with Gasteiger partial charge in [0.05, 0.1) is 11.9 Å². The van der Waals surface area contributed by atoms with E-state index >= 15 is 0 Å². The first-order valence-corrected chi connectivity index (χ1v) is 9.59. The molecule has 3 aromatic rings. The molecule has 2 amide bonds. The van der Waals surface area contributed by atoms with Crippen molar-refractivity contribution in [2.45, 2.75) is 6.92 Å². The summed E-state index contributed by atoms with van der Waals surface area (Å²) in [6.45, 7) is 3.89. The van der Waals surface area contributed by atoms with E-state index in [-0.39, 0.29) is 11.8 Å². The summed E-state index contributed by atoms with van der Waals surface area (Å²) in [5.41, 5.74) is 9.17. The van der Waals surface area contributed by atoms with Crippen molar-refractivity contribution in [3.8, 4) is 5.69 Å². The second kappa shape index (κ2) is 7.79. The number of aryl methyl sites for hydroxylation is 1. The van der Waals surface area contributed by atoms with E-state index < -0.39 is 0 Å². The number of hydrogen-bond acceptors (Lipinski definition) is 4. The van der Waals surface area contributed by atoms with Crippen molar-refractivity contribution in [3.05, 3.63) is 77.5 Å². The fraction of sp³-hybridized carbons (Fsp3) is 0.227. The van der Waals surface area contributed by atoms with Gasteiger partial charge in [-0.2, -0.15) is 5.10 Å². The van der Waals surface area contributed by atoms with Crippen LogP contribution in [0.5, 0.6) is 0 Å². The highest BCUT2D eigenvalue weighted by molar-refractivity contribution is 5.99. The lowest BCUT2D eigenvalue weighted by Gasteiger charge is -2.34. The van der Waals surface area contributed by atoms with E-state index in [1.807, 2.05) is 49.4 Å². The van der Waals surface area contributed by atoms with Crippen LogP contribution in [0.2, 0.25) is 0 Å². The Morgan fingerprint density at radius 1 is 0.862 bits per heavy atom. The Morgan fingerprint density at radius 3 is 2.10 bits per heavy atom. The van der Waals surface area contributed by atoms with Gasteiger partial charge in [0.15, 0.2) is 0 Å². The van der Waals surface area contributed by atoms with Gasteiger partial charge in [-0.05, 0) is 30.7 Å². The van der Waals surface area contributed by atoms with Gasteiger partial charge in [-0.25, -0.2) is 4.68 Å². The van der Waals surface area contributed by atoms with E-state index in [1.165, 1.54) is 6.20 Å². The van der Waals surface area contributed by atoms with Gasteiger partial charge in [-0.15, -0.1) is 0 Å². The van der Waals surface area contributed by atoms with Gasteiger partial charge in [0.2, 0.25) is 0 Å². The van der Waals surface area contributed by atoms with Crippen molar-refractivity contribution in [1.82, 2.24) is 19.6 Å². The number of anilines is 1. The molecular formula is C22H23N5O2. The standard InChI is InChI=1S/C22H23N5O2/c1-16-7-5-6-10-19(16)27-20(23)18(15-24-27)22(29)26-13-11-25(12-14-26)21(28)17-8-3-2-4-9-17/h2-10,15H,11-14,23H2,1H3. The summed E-state index contributed by atoms with van der Waals surface area (Å²) in [5, 5.41) is 4.33. The highest BCUT2D eigenvalue weighted by atomic mass is 16.2. The number of carbonyl (C=O) groups is 2. The molecule has 2 N–H and O–H groups in total. The highest BCUT2D eigenvalue weighted by Crippen LogP contribution is 2.21. The monoisotopic (exact) mass is 389 g/mol. The molecule has 7 nitrogen and oxygen atoms in total. The van der Waals surface area contributed by atoms with Crippen LogP contribution in [0.25, 0.3) is 5.69 Å². The Kier molecular flexibility index (Phi) is 5.03. The second-order valence-corrected chi connectivity index (χ2v) is 7.09. The summed E-state index contributed by atoms with van der Waals surface area (Å²) in [7, 11) is 0. The number of piperazine rings is 1. The molecule has 7 heteroatoms. The highest BCUT2D eigenvalue weighted by Gasteiger charge is 2.28. The Balaban J connectivity index is 1.45. The molecule has 148 valence electrons. The quantitative estimate of drug-likeness (QED) is 0.745. The van der Waals surface area contributed by atoms with Crippen LogP contribution < -0.4 is 5.73 Å². The van der Waals surface area contributed by atoms with Crippen LogP contribution in [0.15, 0.2) is 60.8 Å². The molecule has 0 radical (unpaired) electrons. The molecule has 0 atom stereocenters. The second-order valence-electron chi connectivity index (χ2n) is 7.09. The summed E-state index contributed by atoms with van der Waals surface area (Å²) in [6, 6.07) is 16.9. The van der Waals surface area contributed by atoms with Crippen LogP contribution in [-0.2, 0) is 0 Å². The summed E-state index contributed by atoms with van der Waals surface area (Å²) in [5.74, 6) is 0.158. The minimum atomic E-state index is -0.158. The normalized spacial score (nSPS) is 14.1. The molecule has 0 saturated carbocycles. The third-order valence-corrected chi connectivity index (χ3v) is 5.26. The maximum absolute atomic E-state index is 13.0. The summed E-state index contributed by atoms with van der Waals surface area (Å²) in [6.07, 6.45) is 1.52. The first kappa shape index (κ1) is 18.7. The Labute approximate surface area is 169 Å². The van der Waals surface area contributed by atoms with Gasteiger partial charge < -0.3 is 15.5 Å². The number of para-hydroxylation sites is 1. The number of nitrogens with two attached hydrogens (primary N) is 1.